The molecule has 0 aliphatic heterocycles. The summed E-state index contributed by atoms with van der Waals surface area (Å²) in [5.74, 6) is 0.0816. The van der Waals surface area contributed by atoms with Gasteiger partial charge in [0.2, 0.25) is 0 Å². The van der Waals surface area contributed by atoms with Crippen LogP contribution < -0.4 is 25.6 Å². The average Bonchev–Trinajstić information content (AvgIpc) is 2.70. The summed E-state index contributed by atoms with van der Waals surface area (Å²) in [4.78, 5) is 24.6. The monoisotopic (exact) mass is 521 g/mol. The van der Waals surface area contributed by atoms with Gasteiger partial charge in [-0.25, -0.2) is 0 Å². The summed E-state index contributed by atoms with van der Waals surface area (Å²) < 4.78 is 12.0. The summed E-state index contributed by atoms with van der Waals surface area (Å²) >= 11 is 8.55. The number of rotatable bonds is 6. The van der Waals surface area contributed by atoms with Gasteiger partial charge in [0.25, 0.3) is 11.8 Å². The maximum atomic E-state index is 12.5. The normalized spacial score (nSPS) is 11.0. The van der Waals surface area contributed by atoms with Crippen LogP contribution in [0.2, 0.25) is 0 Å². The lowest BCUT2D eigenvalue weighted by molar-refractivity contribution is -0.123. The smallest absolute Gasteiger partial charge is 0.276 e. The number of hydrazine groups is 1. The molecule has 2 aromatic carbocycles. The van der Waals surface area contributed by atoms with Crippen molar-refractivity contribution in [3.63, 3.8) is 0 Å². The topological polar surface area (TPSA) is 88.7 Å². The van der Waals surface area contributed by atoms with Crippen LogP contribution in [0.15, 0.2) is 46.9 Å². The number of amides is 2. The van der Waals surface area contributed by atoms with Crippen LogP contribution in [-0.2, 0) is 10.2 Å². The Hall–Kier alpha value is -2.65. The zero-order chi connectivity index (χ0) is 23.9. The minimum atomic E-state index is -0.461. The van der Waals surface area contributed by atoms with E-state index in [1.54, 1.807) is 24.3 Å². The molecule has 0 atom stereocenters. The molecule has 9 heteroatoms. The minimum absolute atomic E-state index is 0.00387. The number of halogens is 1. The Morgan fingerprint density at radius 2 is 1.75 bits per heavy atom. The largest absolute Gasteiger partial charge is 0.490 e. The van der Waals surface area contributed by atoms with E-state index in [2.05, 4.69) is 52.9 Å². The Morgan fingerprint density at radius 3 is 2.38 bits per heavy atom. The first-order valence-corrected chi connectivity index (χ1v) is 11.3. The molecular formula is C23H28BrN3O4S. The van der Waals surface area contributed by atoms with Crippen LogP contribution in [0.5, 0.6) is 11.5 Å². The highest BCUT2D eigenvalue weighted by atomic mass is 79.9. The van der Waals surface area contributed by atoms with Gasteiger partial charge in [0.05, 0.1) is 16.1 Å². The number of hydrogen-bond donors (Lipinski definition) is 3. The molecule has 7 nitrogen and oxygen atoms in total. The summed E-state index contributed by atoms with van der Waals surface area (Å²) in [5.41, 5.74) is 6.37. The lowest BCUT2D eigenvalue weighted by Gasteiger charge is -2.20. The van der Waals surface area contributed by atoms with E-state index in [1.807, 2.05) is 32.0 Å². The van der Waals surface area contributed by atoms with Gasteiger partial charge >= 0.3 is 0 Å². The molecule has 2 rings (SSSR count). The lowest BCUT2D eigenvalue weighted by Crippen LogP contribution is -2.49. The van der Waals surface area contributed by atoms with E-state index in [0.717, 1.165) is 10.0 Å². The predicted molar refractivity (Wildman–Crippen MR) is 132 cm³/mol. The Balaban J connectivity index is 1.84. The van der Waals surface area contributed by atoms with Crippen molar-refractivity contribution in [1.29, 1.82) is 0 Å². The van der Waals surface area contributed by atoms with E-state index in [9.17, 15) is 9.59 Å². The van der Waals surface area contributed by atoms with E-state index >= 15 is 0 Å². The second kappa shape index (κ2) is 11.3. The van der Waals surface area contributed by atoms with Gasteiger partial charge in [-0.05, 0) is 77.2 Å². The minimum Gasteiger partial charge on any atom is -0.490 e. The van der Waals surface area contributed by atoms with E-state index in [0.29, 0.717) is 17.1 Å². The van der Waals surface area contributed by atoms with Gasteiger partial charge in [-0.3, -0.25) is 25.8 Å². The Kier molecular flexibility index (Phi) is 9.03. The van der Waals surface area contributed by atoms with Gasteiger partial charge < -0.3 is 9.47 Å². The molecule has 0 unspecified atom stereocenters. The molecule has 0 bridgehead atoms. The van der Waals surface area contributed by atoms with Gasteiger partial charge in [0.15, 0.2) is 11.7 Å². The first-order valence-electron chi connectivity index (χ1n) is 10.1. The molecule has 0 radical (unpaired) electrons. The number of ether oxygens (including phenoxy) is 2. The van der Waals surface area contributed by atoms with Crippen LogP contribution >= 0.6 is 28.1 Å². The molecule has 0 heterocycles. The fourth-order valence-corrected chi connectivity index (χ4v) is 3.24. The number of thiocarbonyl (C=S) groups is 1. The van der Waals surface area contributed by atoms with E-state index in [4.69, 9.17) is 21.7 Å². The summed E-state index contributed by atoms with van der Waals surface area (Å²) in [6, 6.07) is 12.6. The third kappa shape index (κ3) is 7.80. The Morgan fingerprint density at radius 1 is 1.06 bits per heavy atom. The molecule has 2 aromatic rings. The number of para-hydroxylation sites is 1. The SMILES string of the molecule is CC(C)Oc1ccccc1C(=O)NC(=S)NNC(=O)COc1ccc(C(C)(C)C)cc1Br. The standard InChI is InChI=1S/C23H28BrN3O4S/c1-14(2)31-18-9-7-6-8-16(18)21(29)25-22(32)27-26-20(28)13-30-19-11-10-15(12-17(19)24)23(3,4)5/h6-12,14H,13H2,1-5H3,(H,26,28)(H2,25,27,29,32). The van der Waals surface area contributed by atoms with Crippen LogP contribution in [-0.4, -0.2) is 29.6 Å². The highest BCUT2D eigenvalue weighted by Gasteiger charge is 2.17. The molecular weight excluding hydrogens is 494 g/mol. The van der Waals surface area contributed by atoms with Crippen molar-refractivity contribution in [2.24, 2.45) is 0 Å². The average molecular weight is 522 g/mol. The third-order valence-corrected chi connectivity index (χ3v) is 5.02. The Bertz CT molecular complexity index is 989. The van der Waals surface area contributed by atoms with Crippen LogP contribution in [0.3, 0.4) is 0 Å². The molecule has 32 heavy (non-hydrogen) atoms. The second-order valence-corrected chi connectivity index (χ2v) is 9.57. The highest BCUT2D eigenvalue weighted by Crippen LogP contribution is 2.31. The molecule has 0 saturated carbocycles. The van der Waals surface area contributed by atoms with Crippen LogP contribution in [0, 0.1) is 0 Å². The maximum absolute atomic E-state index is 12.5. The molecule has 0 saturated heterocycles. The van der Waals surface area contributed by atoms with Crippen LogP contribution in [0.4, 0.5) is 0 Å². The molecule has 0 fully saturated rings. The molecule has 2 amide bonds. The molecule has 3 N–H and O–H groups in total. The summed E-state index contributed by atoms with van der Waals surface area (Å²) in [6.45, 7) is 9.86. The van der Waals surface area contributed by atoms with Crippen molar-refractivity contribution in [2.75, 3.05) is 6.61 Å². The zero-order valence-corrected chi connectivity index (χ0v) is 21.1. The number of carbonyl (C=O) groups excluding carboxylic acids is 2. The fraction of sp³-hybridized carbons (Fsp3) is 0.348. The van der Waals surface area contributed by atoms with Crippen molar-refractivity contribution in [2.45, 2.75) is 46.1 Å². The number of nitrogens with one attached hydrogen (secondary N) is 3. The number of hydrogen-bond acceptors (Lipinski definition) is 5. The van der Waals surface area contributed by atoms with Crippen molar-refractivity contribution in [3.05, 3.63) is 58.1 Å². The number of benzene rings is 2. The van der Waals surface area contributed by atoms with Crippen molar-refractivity contribution in [1.82, 2.24) is 16.2 Å². The first-order chi connectivity index (χ1) is 15.0. The van der Waals surface area contributed by atoms with Gasteiger partial charge in [-0.1, -0.05) is 39.0 Å². The summed E-state index contributed by atoms with van der Waals surface area (Å²) in [7, 11) is 0. The molecule has 0 aliphatic carbocycles. The third-order valence-electron chi connectivity index (χ3n) is 4.19. The Labute approximate surface area is 202 Å². The van der Waals surface area contributed by atoms with Crippen molar-refractivity contribution >= 4 is 45.1 Å². The maximum Gasteiger partial charge on any atom is 0.276 e. The van der Waals surface area contributed by atoms with Crippen LogP contribution in [0.1, 0.15) is 50.5 Å². The molecule has 0 aromatic heterocycles. The van der Waals surface area contributed by atoms with E-state index in [-0.39, 0.29) is 23.2 Å². The quantitative estimate of drug-likeness (QED) is 0.389. The zero-order valence-electron chi connectivity index (χ0n) is 18.7. The summed E-state index contributed by atoms with van der Waals surface area (Å²) in [5, 5.41) is 2.45. The van der Waals surface area contributed by atoms with Gasteiger partial charge in [0.1, 0.15) is 11.5 Å². The van der Waals surface area contributed by atoms with Crippen LogP contribution in [0.25, 0.3) is 0 Å². The van der Waals surface area contributed by atoms with Crippen molar-refractivity contribution in [3.8, 4) is 11.5 Å². The van der Waals surface area contributed by atoms with Gasteiger partial charge in [-0.15, -0.1) is 0 Å². The second-order valence-electron chi connectivity index (χ2n) is 8.30. The predicted octanol–water partition coefficient (Wildman–Crippen LogP) is 4.25. The van der Waals surface area contributed by atoms with Gasteiger partial charge in [0, 0.05) is 0 Å². The fourth-order valence-electron chi connectivity index (χ4n) is 2.60. The molecule has 172 valence electrons. The van der Waals surface area contributed by atoms with Crippen molar-refractivity contribution < 1.29 is 19.1 Å². The molecule has 0 aliphatic rings. The van der Waals surface area contributed by atoms with E-state index < -0.39 is 11.8 Å². The lowest BCUT2D eigenvalue weighted by atomic mass is 9.87. The van der Waals surface area contributed by atoms with Gasteiger partial charge in [-0.2, -0.15) is 0 Å². The van der Waals surface area contributed by atoms with E-state index in [1.165, 1.54) is 0 Å². The first kappa shape index (κ1) is 25.6. The highest BCUT2D eigenvalue weighted by molar-refractivity contribution is 9.10. The molecule has 0 spiro atoms. The summed E-state index contributed by atoms with van der Waals surface area (Å²) in [6.07, 6.45) is -0.0852. The number of carbonyl (C=O) groups is 2.